The molecule has 0 fully saturated rings. The lowest BCUT2D eigenvalue weighted by Gasteiger charge is -2.14. The molecular formula is C26H20N2O7. The number of nitrogens with one attached hydrogen (secondary N) is 1. The van der Waals surface area contributed by atoms with Gasteiger partial charge < -0.3 is 25.0 Å². The second kappa shape index (κ2) is 11.2. The van der Waals surface area contributed by atoms with Crippen molar-refractivity contribution in [3.05, 3.63) is 94.6 Å². The summed E-state index contributed by atoms with van der Waals surface area (Å²) in [7, 11) is 1.44. The molecule has 0 spiro atoms. The lowest BCUT2D eigenvalue weighted by Crippen LogP contribution is -2.14. The molecule has 3 rings (SSSR count). The van der Waals surface area contributed by atoms with Crippen LogP contribution in [0.5, 0.6) is 11.5 Å². The van der Waals surface area contributed by atoms with Crippen LogP contribution in [0.1, 0.15) is 31.8 Å². The van der Waals surface area contributed by atoms with Crippen molar-refractivity contribution in [2.45, 2.75) is 6.61 Å². The summed E-state index contributed by atoms with van der Waals surface area (Å²) in [5.74, 6) is -2.35. The first kappa shape index (κ1) is 24.5. The molecule has 9 heteroatoms. The van der Waals surface area contributed by atoms with Crippen LogP contribution in [-0.2, 0) is 11.4 Å². The van der Waals surface area contributed by atoms with Crippen molar-refractivity contribution in [1.29, 1.82) is 5.26 Å². The third kappa shape index (κ3) is 6.24. The zero-order valence-electron chi connectivity index (χ0n) is 18.5. The summed E-state index contributed by atoms with van der Waals surface area (Å²) in [4.78, 5) is 35.1. The fourth-order valence-electron chi connectivity index (χ4n) is 3.14. The van der Waals surface area contributed by atoms with E-state index < -0.39 is 17.8 Å². The van der Waals surface area contributed by atoms with Crippen LogP contribution in [0, 0.1) is 11.3 Å². The molecular weight excluding hydrogens is 452 g/mol. The Bertz CT molecular complexity index is 1360. The maximum Gasteiger partial charge on any atom is 0.335 e. The van der Waals surface area contributed by atoms with E-state index in [1.165, 1.54) is 49.6 Å². The van der Waals surface area contributed by atoms with Gasteiger partial charge in [-0.1, -0.05) is 30.3 Å². The Labute approximate surface area is 200 Å². The van der Waals surface area contributed by atoms with Gasteiger partial charge in [-0.3, -0.25) is 4.79 Å². The Kier molecular flexibility index (Phi) is 7.82. The molecule has 3 aromatic carbocycles. The van der Waals surface area contributed by atoms with Gasteiger partial charge in [-0.05, 0) is 48.0 Å². The van der Waals surface area contributed by atoms with E-state index >= 15 is 0 Å². The van der Waals surface area contributed by atoms with E-state index in [0.29, 0.717) is 16.9 Å². The van der Waals surface area contributed by atoms with Crippen LogP contribution < -0.4 is 14.8 Å². The molecule has 35 heavy (non-hydrogen) atoms. The van der Waals surface area contributed by atoms with Crippen LogP contribution in [0.15, 0.2) is 72.3 Å². The summed E-state index contributed by atoms with van der Waals surface area (Å²) < 4.78 is 11.3. The average Bonchev–Trinajstić information content (AvgIpc) is 2.86. The molecule has 3 aromatic rings. The predicted molar refractivity (Wildman–Crippen MR) is 126 cm³/mol. The molecule has 176 valence electrons. The monoisotopic (exact) mass is 472 g/mol. The Morgan fingerprint density at radius 3 is 2.29 bits per heavy atom. The highest BCUT2D eigenvalue weighted by atomic mass is 16.5. The van der Waals surface area contributed by atoms with Gasteiger partial charge in [0.1, 0.15) is 18.2 Å². The number of carboxylic acids is 2. The number of benzene rings is 3. The van der Waals surface area contributed by atoms with Gasteiger partial charge in [-0.15, -0.1) is 0 Å². The van der Waals surface area contributed by atoms with Crippen LogP contribution >= 0.6 is 0 Å². The Balaban J connectivity index is 1.88. The van der Waals surface area contributed by atoms with E-state index in [2.05, 4.69) is 5.32 Å². The average molecular weight is 472 g/mol. The minimum atomic E-state index is -1.15. The topological polar surface area (TPSA) is 146 Å². The fourth-order valence-corrected chi connectivity index (χ4v) is 3.14. The van der Waals surface area contributed by atoms with Crippen LogP contribution in [-0.4, -0.2) is 35.2 Å². The number of hydrogen-bond acceptors (Lipinski definition) is 6. The van der Waals surface area contributed by atoms with Gasteiger partial charge >= 0.3 is 11.9 Å². The SMILES string of the molecule is COc1cccc(/C=C(/C#N)C(=O)Nc2cccc(C(=O)O)c2)c1OCc1cccc(C(=O)O)c1. The predicted octanol–water partition coefficient (Wildman–Crippen LogP) is 4.22. The maximum absolute atomic E-state index is 12.7. The molecule has 0 aliphatic carbocycles. The van der Waals surface area contributed by atoms with Gasteiger partial charge in [0.25, 0.3) is 5.91 Å². The largest absolute Gasteiger partial charge is 0.493 e. The van der Waals surface area contributed by atoms with E-state index in [-0.39, 0.29) is 34.7 Å². The van der Waals surface area contributed by atoms with Crippen molar-refractivity contribution in [3.8, 4) is 17.6 Å². The van der Waals surface area contributed by atoms with Crippen LogP contribution in [0.25, 0.3) is 6.08 Å². The van der Waals surface area contributed by atoms with Crippen molar-refractivity contribution in [1.82, 2.24) is 0 Å². The molecule has 0 unspecified atom stereocenters. The van der Waals surface area contributed by atoms with Crippen molar-refractivity contribution in [2.24, 2.45) is 0 Å². The third-order valence-electron chi connectivity index (χ3n) is 4.82. The number of hydrogen-bond donors (Lipinski definition) is 3. The van der Waals surface area contributed by atoms with Crippen molar-refractivity contribution in [3.63, 3.8) is 0 Å². The molecule has 3 N–H and O–H groups in total. The summed E-state index contributed by atoms with van der Waals surface area (Å²) in [6.07, 6.45) is 1.32. The number of carboxylic acid groups (broad SMARTS) is 2. The highest BCUT2D eigenvalue weighted by Gasteiger charge is 2.15. The first-order valence-electron chi connectivity index (χ1n) is 10.2. The number of amides is 1. The standard InChI is InChI=1S/C26H20N2O7/c1-34-22-10-4-6-17(23(22)35-15-16-5-2-7-18(11-16)25(30)31)12-20(14-27)24(29)28-21-9-3-8-19(13-21)26(32)33/h2-13H,15H2,1H3,(H,28,29)(H,30,31)(H,32,33)/b20-12-. The molecule has 0 saturated carbocycles. The number of nitrogens with zero attached hydrogens (tertiary/aromatic N) is 1. The van der Waals surface area contributed by atoms with E-state index in [1.807, 2.05) is 6.07 Å². The highest BCUT2D eigenvalue weighted by Crippen LogP contribution is 2.33. The number of anilines is 1. The summed E-state index contributed by atoms with van der Waals surface area (Å²) in [6, 6.07) is 18.7. The molecule has 0 bridgehead atoms. The second-order valence-corrected chi connectivity index (χ2v) is 7.18. The number of aromatic carboxylic acids is 2. The summed E-state index contributed by atoms with van der Waals surface area (Å²) in [6.45, 7) is 0.0123. The van der Waals surface area contributed by atoms with E-state index in [0.717, 1.165) is 0 Å². The first-order chi connectivity index (χ1) is 16.8. The first-order valence-corrected chi connectivity index (χ1v) is 10.2. The molecule has 0 radical (unpaired) electrons. The number of carbonyl (C=O) groups excluding carboxylic acids is 1. The van der Waals surface area contributed by atoms with Gasteiger partial charge in [-0.25, -0.2) is 9.59 Å². The molecule has 0 aliphatic rings. The van der Waals surface area contributed by atoms with Crippen LogP contribution in [0.2, 0.25) is 0 Å². The van der Waals surface area contributed by atoms with Crippen molar-refractivity contribution < 1.29 is 34.1 Å². The van der Waals surface area contributed by atoms with E-state index in [1.54, 1.807) is 30.3 Å². The maximum atomic E-state index is 12.7. The molecule has 0 heterocycles. The molecule has 0 saturated heterocycles. The number of methoxy groups -OCH3 is 1. The number of rotatable bonds is 9. The van der Waals surface area contributed by atoms with Crippen LogP contribution in [0.3, 0.4) is 0 Å². The molecule has 1 amide bonds. The normalized spacial score (nSPS) is 10.7. The quantitative estimate of drug-likeness (QED) is 0.310. The highest BCUT2D eigenvalue weighted by molar-refractivity contribution is 6.10. The smallest absolute Gasteiger partial charge is 0.335 e. The van der Waals surface area contributed by atoms with Crippen LogP contribution in [0.4, 0.5) is 5.69 Å². The fraction of sp³-hybridized carbons (Fsp3) is 0.0769. The summed E-state index contributed by atoms with van der Waals surface area (Å²) in [5, 5.41) is 30.4. The molecule has 0 aromatic heterocycles. The van der Waals surface area contributed by atoms with Gasteiger partial charge in [0.2, 0.25) is 0 Å². The van der Waals surface area contributed by atoms with Gasteiger partial charge in [0, 0.05) is 11.3 Å². The number of carbonyl (C=O) groups is 3. The number of para-hydroxylation sites is 1. The van der Waals surface area contributed by atoms with E-state index in [9.17, 15) is 24.8 Å². The van der Waals surface area contributed by atoms with Crippen molar-refractivity contribution >= 4 is 29.6 Å². The van der Waals surface area contributed by atoms with E-state index in [4.69, 9.17) is 14.6 Å². The summed E-state index contributed by atoms with van der Waals surface area (Å²) in [5.41, 5.74) is 1.04. The van der Waals surface area contributed by atoms with Crippen molar-refractivity contribution in [2.75, 3.05) is 12.4 Å². The van der Waals surface area contributed by atoms with Gasteiger partial charge in [-0.2, -0.15) is 5.26 Å². The second-order valence-electron chi connectivity index (χ2n) is 7.18. The minimum Gasteiger partial charge on any atom is -0.493 e. The summed E-state index contributed by atoms with van der Waals surface area (Å²) >= 11 is 0. The minimum absolute atomic E-state index is 0.0123. The zero-order valence-corrected chi connectivity index (χ0v) is 18.5. The molecule has 0 aliphatic heterocycles. The molecule has 9 nitrogen and oxygen atoms in total. The lowest BCUT2D eigenvalue weighted by molar-refractivity contribution is -0.112. The van der Waals surface area contributed by atoms with Gasteiger partial charge in [0.05, 0.1) is 18.2 Å². The zero-order chi connectivity index (χ0) is 25.4. The van der Waals surface area contributed by atoms with Gasteiger partial charge in [0.15, 0.2) is 11.5 Å². The number of nitriles is 1. The Morgan fingerprint density at radius 2 is 1.63 bits per heavy atom. The lowest BCUT2D eigenvalue weighted by atomic mass is 10.1. The third-order valence-corrected chi connectivity index (χ3v) is 4.82. The Morgan fingerprint density at radius 1 is 0.971 bits per heavy atom. The molecule has 0 atom stereocenters. The number of ether oxygens (including phenoxy) is 2. The Hall–Kier alpha value is -5.10.